The fraction of sp³-hybridized carbons (Fsp3) is 0.250. The maximum atomic E-state index is 13.3. The highest BCUT2D eigenvalue weighted by atomic mass is 79.9. The van der Waals surface area contributed by atoms with Gasteiger partial charge in [-0.15, -0.1) is 0 Å². The first-order valence-corrected chi connectivity index (χ1v) is 7.24. The van der Waals surface area contributed by atoms with Gasteiger partial charge in [0.2, 0.25) is 0 Å². The molecule has 0 fully saturated rings. The van der Waals surface area contributed by atoms with Crippen LogP contribution in [0, 0.1) is 12.7 Å². The van der Waals surface area contributed by atoms with E-state index in [4.69, 9.17) is 4.74 Å². The van der Waals surface area contributed by atoms with Crippen LogP contribution < -0.4 is 4.74 Å². The van der Waals surface area contributed by atoms with Crippen molar-refractivity contribution in [1.82, 2.24) is 0 Å². The van der Waals surface area contributed by atoms with Gasteiger partial charge >= 0.3 is 0 Å². The number of aliphatic hydroxyl groups excluding tert-OH is 1. The highest BCUT2D eigenvalue weighted by molar-refractivity contribution is 9.10. The molecular formula is C16H14BrFO2. The first kappa shape index (κ1) is 13.6. The summed E-state index contributed by atoms with van der Waals surface area (Å²) in [6.07, 6.45) is -0.466. The third-order valence-electron chi connectivity index (χ3n) is 3.54. The lowest BCUT2D eigenvalue weighted by Gasteiger charge is -2.30. The molecule has 3 rings (SSSR count). The molecular weight excluding hydrogens is 323 g/mol. The van der Waals surface area contributed by atoms with Gasteiger partial charge < -0.3 is 9.84 Å². The van der Waals surface area contributed by atoms with E-state index in [0.717, 1.165) is 15.6 Å². The number of rotatable bonds is 1. The van der Waals surface area contributed by atoms with Crippen LogP contribution in [0.15, 0.2) is 40.9 Å². The van der Waals surface area contributed by atoms with Crippen LogP contribution in [-0.4, -0.2) is 5.11 Å². The van der Waals surface area contributed by atoms with Crippen molar-refractivity contribution in [2.24, 2.45) is 0 Å². The Bertz CT molecular complexity index is 657. The van der Waals surface area contributed by atoms with Crippen LogP contribution in [0.25, 0.3) is 0 Å². The Kier molecular flexibility index (Phi) is 3.52. The van der Waals surface area contributed by atoms with Crippen LogP contribution in [0.1, 0.15) is 35.3 Å². The van der Waals surface area contributed by atoms with Crippen LogP contribution in [0.2, 0.25) is 0 Å². The van der Waals surface area contributed by atoms with E-state index >= 15 is 0 Å². The van der Waals surface area contributed by atoms with Gasteiger partial charge in [0.05, 0.1) is 6.10 Å². The lowest BCUT2D eigenvalue weighted by atomic mass is 9.94. The highest BCUT2D eigenvalue weighted by Gasteiger charge is 2.29. The molecule has 0 spiro atoms. The average molecular weight is 337 g/mol. The predicted molar refractivity (Wildman–Crippen MR) is 78.2 cm³/mol. The van der Waals surface area contributed by atoms with E-state index in [0.29, 0.717) is 17.7 Å². The summed E-state index contributed by atoms with van der Waals surface area (Å²) in [7, 11) is 0. The molecule has 4 heteroatoms. The van der Waals surface area contributed by atoms with Crippen molar-refractivity contribution in [3.05, 3.63) is 63.4 Å². The standard InChI is InChI=1S/C16H14BrFO2/c1-9-2-4-11(13(17)6-9)16-8-14(19)12-5-3-10(18)7-15(12)20-16/h2-7,14,16,19H,8H2,1H3/t14-,16?/m1/s1. The van der Waals surface area contributed by atoms with E-state index < -0.39 is 6.10 Å². The lowest BCUT2D eigenvalue weighted by Crippen LogP contribution is -2.19. The summed E-state index contributed by atoms with van der Waals surface area (Å²) in [5.74, 6) is 0.0563. The van der Waals surface area contributed by atoms with Crippen molar-refractivity contribution in [3.63, 3.8) is 0 Å². The van der Waals surface area contributed by atoms with Gasteiger partial charge in [-0.25, -0.2) is 4.39 Å². The monoisotopic (exact) mass is 336 g/mol. The minimum absolute atomic E-state index is 0.283. The minimum Gasteiger partial charge on any atom is -0.485 e. The molecule has 2 aromatic carbocycles. The summed E-state index contributed by atoms with van der Waals surface area (Å²) in [5, 5.41) is 10.2. The van der Waals surface area contributed by atoms with E-state index in [1.54, 1.807) is 6.07 Å². The first-order chi connectivity index (χ1) is 9.54. The highest BCUT2D eigenvalue weighted by Crippen LogP contribution is 2.42. The molecule has 0 saturated carbocycles. The number of ether oxygens (including phenoxy) is 1. The Hall–Kier alpha value is -1.39. The largest absolute Gasteiger partial charge is 0.485 e. The van der Waals surface area contributed by atoms with Gasteiger partial charge in [-0.05, 0) is 30.7 Å². The Morgan fingerprint density at radius 1 is 1.20 bits per heavy atom. The van der Waals surface area contributed by atoms with Gasteiger partial charge in [0.25, 0.3) is 0 Å². The lowest BCUT2D eigenvalue weighted by molar-refractivity contribution is 0.0650. The SMILES string of the molecule is Cc1ccc(C2C[C@@H](O)c3ccc(F)cc3O2)c(Br)c1. The summed E-state index contributed by atoms with van der Waals surface area (Å²) < 4.78 is 20.1. The van der Waals surface area contributed by atoms with Crippen molar-refractivity contribution in [2.45, 2.75) is 25.6 Å². The summed E-state index contributed by atoms with van der Waals surface area (Å²) >= 11 is 3.52. The second-order valence-corrected chi connectivity index (χ2v) is 5.92. The van der Waals surface area contributed by atoms with E-state index in [1.807, 2.05) is 25.1 Å². The molecule has 20 heavy (non-hydrogen) atoms. The van der Waals surface area contributed by atoms with Crippen LogP contribution in [0.5, 0.6) is 5.75 Å². The van der Waals surface area contributed by atoms with Crippen LogP contribution >= 0.6 is 15.9 Å². The maximum absolute atomic E-state index is 13.3. The van der Waals surface area contributed by atoms with Gasteiger partial charge in [0.1, 0.15) is 17.7 Å². The number of halogens is 2. The molecule has 0 aliphatic carbocycles. The van der Waals surface area contributed by atoms with E-state index in [1.165, 1.54) is 12.1 Å². The molecule has 2 aromatic rings. The van der Waals surface area contributed by atoms with E-state index in [-0.39, 0.29) is 11.9 Å². The zero-order chi connectivity index (χ0) is 14.3. The van der Waals surface area contributed by atoms with Crippen molar-refractivity contribution in [3.8, 4) is 5.75 Å². The van der Waals surface area contributed by atoms with Crippen molar-refractivity contribution < 1.29 is 14.2 Å². The fourth-order valence-electron chi connectivity index (χ4n) is 2.50. The van der Waals surface area contributed by atoms with Crippen LogP contribution in [0.4, 0.5) is 4.39 Å². The molecule has 0 radical (unpaired) electrons. The van der Waals surface area contributed by atoms with Crippen molar-refractivity contribution in [1.29, 1.82) is 0 Å². The van der Waals surface area contributed by atoms with E-state index in [9.17, 15) is 9.50 Å². The zero-order valence-electron chi connectivity index (χ0n) is 10.9. The van der Waals surface area contributed by atoms with Crippen molar-refractivity contribution >= 4 is 15.9 Å². The molecule has 0 bridgehead atoms. The number of hydrogen-bond donors (Lipinski definition) is 1. The Morgan fingerprint density at radius 2 is 1.95 bits per heavy atom. The maximum Gasteiger partial charge on any atom is 0.128 e. The van der Waals surface area contributed by atoms with Gasteiger partial charge in [0, 0.05) is 28.1 Å². The molecule has 2 atom stereocenters. The number of aryl methyl sites for hydroxylation is 1. The zero-order valence-corrected chi connectivity index (χ0v) is 12.5. The fourth-order valence-corrected chi connectivity index (χ4v) is 3.25. The number of aliphatic hydroxyl groups is 1. The smallest absolute Gasteiger partial charge is 0.128 e. The molecule has 0 aromatic heterocycles. The molecule has 1 N–H and O–H groups in total. The summed E-state index contributed by atoms with van der Waals surface area (Å²) in [4.78, 5) is 0. The van der Waals surface area contributed by atoms with Gasteiger partial charge in [-0.2, -0.15) is 0 Å². The Morgan fingerprint density at radius 3 is 2.70 bits per heavy atom. The molecule has 1 aliphatic rings. The van der Waals surface area contributed by atoms with E-state index in [2.05, 4.69) is 15.9 Å². The first-order valence-electron chi connectivity index (χ1n) is 6.45. The minimum atomic E-state index is -0.641. The normalized spacial score (nSPS) is 21.2. The third kappa shape index (κ3) is 2.45. The molecule has 1 heterocycles. The summed E-state index contributed by atoms with van der Waals surface area (Å²) in [6.45, 7) is 2.01. The molecule has 0 saturated heterocycles. The Labute approximate surface area is 125 Å². The summed E-state index contributed by atoms with van der Waals surface area (Å²) in [5.41, 5.74) is 2.75. The summed E-state index contributed by atoms with van der Waals surface area (Å²) in [6, 6.07) is 10.2. The second-order valence-electron chi connectivity index (χ2n) is 5.07. The molecule has 0 amide bonds. The molecule has 1 unspecified atom stereocenters. The molecule has 2 nitrogen and oxygen atoms in total. The van der Waals surface area contributed by atoms with Crippen molar-refractivity contribution in [2.75, 3.05) is 0 Å². The van der Waals surface area contributed by atoms with Gasteiger partial charge in [0.15, 0.2) is 0 Å². The Balaban J connectivity index is 1.98. The second kappa shape index (κ2) is 5.19. The van der Waals surface area contributed by atoms with Crippen LogP contribution in [0.3, 0.4) is 0 Å². The molecule has 104 valence electrons. The number of benzene rings is 2. The topological polar surface area (TPSA) is 29.5 Å². The van der Waals surface area contributed by atoms with Gasteiger partial charge in [-0.1, -0.05) is 28.1 Å². The predicted octanol–water partition coefficient (Wildman–Crippen LogP) is 4.45. The third-order valence-corrected chi connectivity index (χ3v) is 4.23. The average Bonchev–Trinajstić information content (AvgIpc) is 2.37. The van der Waals surface area contributed by atoms with Crippen LogP contribution in [-0.2, 0) is 0 Å². The quantitative estimate of drug-likeness (QED) is 0.833. The molecule has 1 aliphatic heterocycles. The number of fused-ring (bicyclic) bond motifs is 1. The van der Waals surface area contributed by atoms with Gasteiger partial charge in [-0.3, -0.25) is 0 Å². The number of hydrogen-bond acceptors (Lipinski definition) is 2.